The first-order valence-electron chi connectivity index (χ1n) is 6.10. The quantitative estimate of drug-likeness (QED) is 0.591. The minimum Gasteiger partial charge on any atom is -0.171 e. The van der Waals surface area contributed by atoms with Crippen molar-refractivity contribution in [3.05, 3.63) is 0 Å². The average molecular weight is 222 g/mol. The van der Waals surface area contributed by atoms with Crippen molar-refractivity contribution >= 4 is 0 Å². The Hall–Kier alpha value is -0.210. The van der Waals surface area contributed by atoms with Crippen molar-refractivity contribution in [1.29, 1.82) is 0 Å². The van der Waals surface area contributed by atoms with Gasteiger partial charge in [0.15, 0.2) is 0 Å². The summed E-state index contributed by atoms with van der Waals surface area (Å²) >= 11 is 0. The molecular formula is C12H21F3. The van der Waals surface area contributed by atoms with Crippen LogP contribution < -0.4 is 0 Å². The van der Waals surface area contributed by atoms with Crippen molar-refractivity contribution in [2.45, 2.75) is 64.5 Å². The molecule has 1 rings (SSSR count). The first-order valence-corrected chi connectivity index (χ1v) is 6.10. The van der Waals surface area contributed by atoms with Gasteiger partial charge in [0, 0.05) is 0 Å². The number of halogens is 3. The van der Waals surface area contributed by atoms with Crippen LogP contribution in [0.3, 0.4) is 0 Å². The summed E-state index contributed by atoms with van der Waals surface area (Å²) in [6.07, 6.45) is 3.09. The van der Waals surface area contributed by atoms with Crippen LogP contribution in [-0.4, -0.2) is 6.18 Å². The summed E-state index contributed by atoms with van der Waals surface area (Å²) < 4.78 is 37.1. The first kappa shape index (κ1) is 12.9. The second-order valence-corrected chi connectivity index (χ2v) is 4.76. The molecule has 0 heterocycles. The molecule has 1 saturated carbocycles. The number of alkyl halides is 3. The fourth-order valence-corrected chi connectivity index (χ4v) is 2.46. The molecule has 0 aliphatic heterocycles. The standard InChI is InChI=1S/C12H21F3/c1-2-3-4-5-10-6-8-11(9-7-10)12(13,14)15/h10-11H,2-9H2,1H3. The fraction of sp³-hybridized carbons (Fsp3) is 1.00. The van der Waals surface area contributed by atoms with Crippen LogP contribution in [0.4, 0.5) is 13.2 Å². The van der Waals surface area contributed by atoms with Gasteiger partial charge in [-0.3, -0.25) is 0 Å². The summed E-state index contributed by atoms with van der Waals surface area (Å²) in [5, 5.41) is 0. The van der Waals surface area contributed by atoms with Gasteiger partial charge in [0.25, 0.3) is 0 Å². The lowest BCUT2D eigenvalue weighted by atomic mass is 9.79. The Morgan fingerprint density at radius 3 is 2.07 bits per heavy atom. The van der Waals surface area contributed by atoms with Crippen LogP contribution in [0, 0.1) is 11.8 Å². The van der Waals surface area contributed by atoms with Gasteiger partial charge in [-0.05, 0) is 31.6 Å². The molecule has 0 nitrogen and oxygen atoms in total. The highest BCUT2D eigenvalue weighted by molar-refractivity contribution is 4.76. The van der Waals surface area contributed by atoms with E-state index in [0.717, 1.165) is 19.3 Å². The SMILES string of the molecule is CCCCCC1CCC(C(F)(F)F)CC1. The van der Waals surface area contributed by atoms with E-state index in [1.807, 2.05) is 0 Å². The van der Waals surface area contributed by atoms with E-state index in [1.54, 1.807) is 0 Å². The van der Waals surface area contributed by atoms with Gasteiger partial charge in [-0.2, -0.15) is 13.2 Å². The van der Waals surface area contributed by atoms with Crippen LogP contribution in [-0.2, 0) is 0 Å². The summed E-state index contributed by atoms with van der Waals surface area (Å²) in [6.45, 7) is 2.15. The van der Waals surface area contributed by atoms with Gasteiger partial charge < -0.3 is 0 Å². The van der Waals surface area contributed by atoms with E-state index in [9.17, 15) is 13.2 Å². The van der Waals surface area contributed by atoms with Crippen LogP contribution in [0.1, 0.15) is 58.3 Å². The molecule has 0 radical (unpaired) electrons. The Morgan fingerprint density at radius 1 is 1.00 bits per heavy atom. The molecule has 0 unspecified atom stereocenters. The van der Waals surface area contributed by atoms with Crippen LogP contribution >= 0.6 is 0 Å². The maximum atomic E-state index is 12.4. The number of unbranched alkanes of at least 4 members (excludes halogenated alkanes) is 2. The smallest absolute Gasteiger partial charge is 0.171 e. The zero-order valence-corrected chi connectivity index (χ0v) is 9.45. The molecular weight excluding hydrogens is 201 g/mol. The Bertz CT molecular complexity index is 166. The molecule has 0 atom stereocenters. The van der Waals surface area contributed by atoms with Crippen molar-refractivity contribution in [3.63, 3.8) is 0 Å². The summed E-state index contributed by atoms with van der Waals surface area (Å²) in [5.74, 6) is -0.449. The molecule has 1 aliphatic rings. The van der Waals surface area contributed by atoms with Crippen molar-refractivity contribution in [2.75, 3.05) is 0 Å². The molecule has 1 fully saturated rings. The molecule has 15 heavy (non-hydrogen) atoms. The average Bonchev–Trinajstić information content (AvgIpc) is 2.18. The summed E-state index contributed by atoms with van der Waals surface area (Å²) in [7, 11) is 0. The zero-order chi connectivity index (χ0) is 11.3. The van der Waals surface area contributed by atoms with Gasteiger partial charge >= 0.3 is 6.18 Å². The zero-order valence-electron chi connectivity index (χ0n) is 9.45. The number of rotatable bonds is 4. The Labute approximate surface area is 90.2 Å². The van der Waals surface area contributed by atoms with Gasteiger partial charge in [0.05, 0.1) is 5.92 Å². The molecule has 1 aliphatic carbocycles. The van der Waals surface area contributed by atoms with Crippen LogP contribution in [0.5, 0.6) is 0 Å². The maximum Gasteiger partial charge on any atom is 0.391 e. The molecule has 0 N–H and O–H groups in total. The highest BCUT2D eigenvalue weighted by atomic mass is 19.4. The van der Waals surface area contributed by atoms with Gasteiger partial charge in [-0.15, -0.1) is 0 Å². The summed E-state index contributed by atoms with van der Waals surface area (Å²) in [6, 6.07) is 0. The second kappa shape index (κ2) is 5.76. The number of hydrogen-bond acceptors (Lipinski definition) is 0. The topological polar surface area (TPSA) is 0 Å². The molecule has 0 aromatic rings. The van der Waals surface area contributed by atoms with E-state index >= 15 is 0 Å². The first-order chi connectivity index (χ1) is 7.04. The van der Waals surface area contributed by atoms with Gasteiger partial charge in [0.2, 0.25) is 0 Å². The third-order valence-electron chi connectivity index (χ3n) is 3.53. The lowest BCUT2D eigenvalue weighted by Gasteiger charge is -2.29. The Balaban J connectivity index is 2.18. The molecule has 0 aromatic heterocycles. The molecule has 0 bridgehead atoms. The molecule has 90 valence electrons. The molecule has 3 heteroatoms. The normalized spacial score (nSPS) is 28.0. The minimum absolute atomic E-state index is 0.361. The predicted octanol–water partition coefficient (Wildman–Crippen LogP) is 4.94. The van der Waals surface area contributed by atoms with E-state index in [-0.39, 0.29) is 0 Å². The van der Waals surface area contributed by atoms with Crippen molar-refractivity contribution < 1.29 is 13.2 Å². The predicted molar refractivity (Wildman–Crippen MR) is 55.6 cm³/mol. The molecule has 0 saturated heterocycles. The highest BCUT2D eigenvalue weighted by Gasteiger charge is 2.41. The number of hydrogen-bond donors (Lipinski definition) is 0. The van der Waals surface area contributed by atoms with Crippen LogP contribution in [0.25, 0.3) is 0 Å². The summed E-state index contributed by atoms with van der Waals surface area (Å²) in [5.41, 5.74) is 0. The summed E-state index contributed by atoms with van der Waals surface area (Å²) in [4.78, 5) is 0. The lowest BCUT2D eigenvalue weighted by molar-refractivity contribution is -0.184. The van der Waals surface area contributed by atoms with Gasteiger partial charge in [-0.25, -0.2) is 0 Å². The Morgan fingerprint density at radius 2 is 1.60 bits per heavy atom. The van der Waals surface area contributed by atoms with Gasteiger partial charge in [0.1, 0.15) is 0 Å². The van der Waals surface area contributed by atoms with Crippen molar-refractivity contribution in [2.24, 2.45) is 11.8 Å². The molecule has 0 spiro atoms. The molecule has 0 aromatic carbocycles. The second-order valence-electron chi connectivity index (χ2n) is 4.76. The third kappa shape index (κ3) is 4.43. The maximum absolute atomic E-state index is 12.4. The Kier molecular flexibility index (Phi) is 4.94. The van der Waals surface area contributed by atoms with Gasteiger partial charge in [-0.1, -0.05) is 32.6 Å². The van der Waals surface area contributed by atoms with Crippen molar-refractivity contribution in [3.8, 4) is 0 Å². The third-order valence-corrected chi connectivity index (χ3v) is 3.53. The van der Waals surface area contributed by atoms with E-state index in [1.165, 1.54) is 19.3 Å². The molecule has 0 amide bonds. The van der Waals surface area contributed by atoms with Crippen LogP contribution in [0.15, 0.2) is 0 Å². The monoisotopic (exact) mass is 222 g/mol. The largest absolute Gasteiger partial charge is 0.391 e. The van der Waals surface area contributed by atoms with E-state index in [0.29, 0.717) is 18.8 Å². The van der Waals surface area contributed by atoms with Crippen molar-refractivity contribution in [1.82, 2.24) is 0 Å². The van der Waals surface area contributed by atoms with Crippen LogP contribution in [0.2, 0.25) is 0 Å². The fourth-order valence-electron chi connectivity index (χ4n) is 2.46. The lowest BCUT2D eigenvalue weighted by Crippen LogP contribution is -2.27. The van der Waals surface area contributed by atoms with E-state index < -0.39 is 12.1 Å². The highest BCUT2D eigenvalue weighted by Crippen LogP contribution is 2.40. The minimum atomic E-state index is -3.95. The van der Waals surface area contributed by atoms with E-state index in [2.05, 4.69) is 6.92 Å². The van der Waals surface area contributed by atoms with E-state index in [4.69, 9.17) is 0 Å².